The number of carbonyl (C=O) groups is 1. The van der Waals surface area contributed by atoms with Crippen LogP contribution in [-0.4, -0.2) is 23.3 Å². The van der Waals surface area contributed by atoms with Gasteiger partial charge in [-0.3, -0.25) is 14.9 Å². The Morgan fingerprint density at radius 1 is 1.56 bits per heavy atom. The monoisotopic (exact) mass is 269 g/mol. The van der Waals surface area contributed by atoms with Gasteiger partial charge in [0, 0.05) is 24.9 Å². The van der Waals surface area contributed by atoms with Crippen molar-refractivity contribution in [3.63, 3.8) is 0 Å². The maximum absolute atomic E-state index is 11.8. The molecule has 2 N–H and O–H groups in total. The number of nitro groups is 1. The first-order chi connectivity index (χ1) is 8.52. The van der Waals surface area contributed by atoms with Gasteiger partial charge in [-0.15, -0.1) is 11.6 Å². The van der Waals surface area contributed by atoms with E-state index in [-0.39, 0.29) is 23.2 Å². The molecule has 0 saturated carbocycles. The van der Waals surface area contributed by atoms with Gasteiger partial charge in [-0.25, -0.2) is 0 Å². The van der Waals surface area contributed by atoms with Gasteiger partial charge in [0.2, 0.25) is 5.91 Å². The molecule has 1 heterocycles. The van der Waals surface area contributed by atoms with E-state index in [9.17, 15) is 14.9 Å². The van der Waals surface area contributed by atoms with E-state index < -0.39 is 4.92 Å². The fraction of sp³-hybridized carbons (Fsp3) is 0.364. The van der Waals surface area contributed by atoms with Crippen LogP contribution in [0.1, 0.15) is 6.42 Å². The van der Waals surface area contributed by atoms with Crippen LogP contribution in [0.3, 0.4) is 0 Å². The van der Waals surface area contributed by atoms with Gasteiger partial charge in [-0.2, -0.15) is 0 Å². The van der Waals surface area contributed by atoms with Gasteiger partial charge >= 0.3 is 0 Å². The summed E-state index contributed by atoms with van der Waals surface area (Å²) in [7, 11) is 0. The summed E-state index contributed by atoms with van der Waals surface area (Å²) in [5.41, 5.74) is 5.91. The minimum atomic E-state index is -0.557. The zero-order valence-corrected chi connectivity index (χ0v) is 10.3. The molecule has 2 rings (SSSR count). The highest BCUT2D eigenvalue weighted by Crippen LogP contribution is 2.31. The number of nitrogens with zero attached hydrogens (tertiary/aromatic N) is 2. The molecule has 0 aromatic heterocycles. The van der Waals surface area contributed by atoms with Crippen LogP contribution in [0.15, 0.2) is 18.2 Å². The highest BCUT2D eigenvalue weighted by atomic mass is 35.5. The summed E-state index contributed by atoms with van der Waals surface area (Å²) in [4.78, 5) is 23.5. The lowest BCUT2D eigenvalue weighted by molar-refractivity contribution is -0.383. The van der Waals surface area contributed by atoms with Crippen LogP contribution in [0.25, 0.3) is 0 Å². The van der Waals surface area contributed by atoms with Crippen molar-refractivity contribution in [2.45, 2.75) is 6.42 Å². The second-order valence-corrected chi connectivity index (χ2v) is 4.54. The van der Waals surface area contributed by atoms with Crippen LogP contribution in [-0.2, 0) is 4.79 Å². The number of hydrogen-bond donors (Lipinski definition) is 1. The number of halogens is 1. The molecule has 6 nitrogen and oxygen atoms in total. The van der Waals surface area contributed by atoms with Crippen molar-refractivity contribution in [1.82, 2.24) is 0 Å². The maximum Gasteiger partial charge on any atom is 0.294 e. The van der Waals surface area contributed by atoms with E-state index >= 15 is 0 Å². The first kappa shape index (κ1) is 12.6. The molecule has 1 amide bonds. The van der Waals surface area contributed by atoms with Crippen molar-refractivity contribution in [1.29, 1.82) is 0 Å². The molecular weight excluding hydrogens is 258 g/mol. The van der Waals surface area contributed by atoms with Crippen LogP contribution >= 0.6 is 11.6 Å². The van der Waals surface area contributed by atoms with Gasteiger partial charge < -0.3 is 10.6 Å². The second-order valence-electron chi connectivity index (χ2n) is 4.23. The summed E-state index contributed by atoms with van der Waals surface area (Å²) >= 11 is 5.73. The predicted molar refractivity (Wildman–Crippen MR) is 68.7 cm³/mol. The Balaban J connectivity index is 2.32. The lowest BCUT2D eigenvalue weighted by Crippen LogP contribution is -2.24. The normalized spacial score (nSPS) is 19.3. The van der Waals surface area contributed by atoms with E-state index in [0.29, 0.717) is 24.5 Å². The average molecular weight is 270 g/mol. The number of rotatable bonds is 3. The van der Waals surface area contributed by atoms with Crippen LogP contribution < -0.4 is 10.6 Å². The van der Waals surface area contributed by atoms with Crippen molar-refractivity contribution >= 4 is 34.6 Å². The van der Waals surface area contributed by atoms with Gasteiger partial charge in [0.25, 0.3) is 5.69 Å². The Bertz CT molecular complexity index is 506. The Hall–Kier alpha value is -1.82. The molecule has 1 aromatic rings. The molecule has 1 fully saturated rings. The van der Waals surface area contributed by atoms with Crippen LogP contribution in [0.4, 0.5) is 17.1 Å². The number of nitrogens with two attached hydrogens (primary N) is 1. The third-order valence-electron chi connectivity index (χ3n) is 2.95. The first-order valence-corrected chi connectivity index (χ1v) is 5.96. The third-order valence-corrected chi connectivity index (χ3v) is 3.38. The number of amides is 1. The quantitative estimate of drug-likeness (QED) is 0.392. The molecule has 0 aliphatic carbocycles. The molecule has 1 aromatic carbocycles. The van der Waals surface area contributed by atoms with E-state index in [1.165, 1.54) is 17.0 Å². The predicted octanol–water partition coefficient (Wildman–Crippen LogP) is 1.77. The summed E-state index contributed by atoms with van der Waals surface area (Å²) in [6, 6.07) is 4.37. The van der Waals surface area contributed by atoms with Crippen molar-refractivity contribution in [3.8, 4) is 0 Å². The lowest BCUT2D eigenvalue weighted by atomic mass is 10.1. The topological polar surface area (TPSA) is 89.5 Å². The molecule has 1 unspecified atom stereocenters. The summed E-state index contributed by atoms with van der Waals surface area (Å²) in [6.45, 7) is 0.489. The van der Waals surface area contributed by atoms with Crippen molar-refractivity contribution in [3.05, 3.63) is 28.3 Å². The number of alkyl halides is 1. The minimum Gasteiger partial charge on any atom is -0.393 e. The van der Waals surface area contributed by atoms with E-state index in [0.717, 1.165) is 0 Å². The fourth-order valence-corrected chi connectivity index (χ4v) is 2.20. The first-order valence-electron chi connectivity index (χ1n) is 5.43. The average Bonchev–Trinajstić information content (AvgIpc) is 2.71. The van der Waals surface area contributed by atoms with Crippen LogP contribution in [0.5, 0.6) is 0 Å². The summed E-state index contributed by atoms with van der Waals surface area (Å²) in [5, 5.41) is 10.8. The Kier molecular flexibility index (Phi) is 3.38. The van der Waals surface area contributed by atoms with Crippen LogP contribution in [0.2, 0.25) is 0 Å². The summed E-state index contributed by atoms with van der Waals surface area (Å²) in [6.07, 6.45) is 0.377. The van der Waals surface area contributed by atoms with Gasteiger partial charge in [-0.05, 0) is 18.1 Å². The number of benzene rings is 1. The molecule has 0 bridgehead atoms. The fourth-order valence-electron chi connectivity index (χ4n) is 1.99. The van der Waals surface area contributed by atoms with Crippen molar-refractivity contribution in [2.75, 3.05) is 23.1 Å². The number of anilines is 2. The van der Waals surface area contributed by atoms with Crippen molar-refractivity contribution in [2.24, 2.45) is 5.92 Å². The summed E-state index contributed by atoms with van der Waals surface area (Å²) < 4.78 is 0. The molecule has 1 aliphatic heterocycles. The van der Waals surface area contributed by atoms with E-state index in [4.69, 9.17) is 17.3 Å². The highest BCUT2D eigenvalue weighted by Gasteiger charge is 2.30. The summed E-state index contributed by atoms with van der Waals surface area (Å²) in [5.74, 6) is 0.426. The standard InChI is InChI=1S/C11H12ClN3O3/c12-5-7-3-11(16)14(6-7)8-1-2-9(13)10(4-8)15(17)18/h1-2,4,7H,3,5-6,13H2. The maximum atomic E-state index is 11.8. The van der Waals surface area contributed by atoms with Gasteiger partial charge in [-0.1, -0.05) is 0 Å². The molecule has 1 aliphatic rings. The lowest BCUT2D eigenvalue weighted by Gasteiger charge is -2.16. The SMILES string of the molecule is Nc1ccc(N2CC(CCl)CC2=O)cc1[N+](=O)[O-]. The largest absolute Gasteiger partial charge is 0.393 e. The van der Waals surface area contributed by atoms with E-state index in [1.807, 2.05) is 0 Å². The van der Waals surface area contributed by atoms with Gasteiger partial charge in [0.1, 0.15) is 5.69 Å². The molecule has 18 heavy (non-hydrogen) atoms. The smallest absolute Gasteiger partial charge is 0.294 e. The second kappa shape index (κ2) is 4.81. The number of carbonyl (C=O) groups excluding carboxylic acids is 1. The Morgan fingerprint density at radius 3 is 2.83 bits per heavy atom. The molecular formula is C11H12ClN3O3. The van der Waals surface area contributed by atoms with E-state index in [1.54, 1.807) is 6.07 Å². The highest BCUT2D eigenvalue weighted by molar-refractivity contribution is 6.18. The number of nitro benzene ring substituents is 1. The van der Waals surface area contributed by atoms with Crippen molar-refractivity contribution < 1.29 is 9.72 Å². The van der Waals surface area contributed by atoms with Gasteiger partial charge in [0.15, 0.2) is 0 Å². The molecule has 7 heteroatoms. The third kappa shape index (κ3) is 2.24. The molecule has 0 spiro atoms. The Labute approximate surface area is 108 Å². The molecule has 0 radical (unpaired) electrons. The zero-order chi connectivity index (χ0) is 13.3. The number of hydrogen-bond acceptors (Lipinski definition) is 4. The Morgan fingerprint density at radius 2 is 2.28 bits per heavy atom. The number of nitrogen functional groups attached to an aromatic ring is 1. The zero-order valence-electron chi connectivity index (χ0n) is 9.51. The molecule has 1 atom stereocenters. The van der Waals surface area contributed by atoms with Gasteiger partial charge in [0.05, 0.1) is 10.6 Å². The van der Waals surface area contributed by atoms with Crippen LogP contribution in [0, 0.1) is 16.0 Å². The molecule has 96 valence electrons. The van der Waals surface area contributed by atoms with E-state index in [2.05, 4.69) is 0 Å². The molecule has 1 saturated heterocycles. The minimum absolute atomic E-state index is 0.0697.